The number of hydrogen-bond donors (Lipinski definition) is 0. The molecule has 0 rings (SSSR count). The molecule has 0 fully saturated rings. The van der Waals surface area contributed by atoms with Crippen molar-refractivity contribution in [2.24, 2.45) is 0 Å². The van der Waals surface area contributed by atoms with Crippen LogP contribution in [0.2, 0.25) is 0 Å². The summed E-state index contributed by atoms with van der Waals surface area (Å²) in [5, 5.41) is 9.79. The minimum atomic E-state index is -0.344. The van der Waals surface area contributed by atoms with Crippen LogP contribution in [0.1, 0.15) is 45.4 Å². The zero-order valence-corrected chi connectivity index (χ0v) is 8.92. The summed E-state index contributed by atoms with van der Waals surface area (Å²) in [5.41, 5.74) is 0. The molecule has 0 amide bonds. The Balaban J connectivity index is 3.17. The van der Waals surface area contributed by atoms with E-state index in [2.05, 4.69) is 6.92 Å². The maximum Gasteiger partial charge on any atom is 0.220 e. The number of alkyl halides is 1. The molecule has 0 radical (unpaired) electrons. The second-order valence-electron chi connectivity index (χ2n) is 3.32. The number of unbranched alkanes of at least 4 members (excludes halogenated alkanes) is 4. The van der Waals surface area contributed by atoms with Gasteiger partial charge in [-0.2, -0.15) is 0 Å². The van der Waals surface area contributed by atoms with Crippen molar-refractivity contribution < 1.29 is 4.92 Å². The van der Waals surface area contributed by atoms with Gasteiger partial charge in [0.25, 0.3) is 0 Å². The molecular weight excluding hydrogens is 190 g/mol. The highest BCUT2D eigenvalue weighted by Crippen LogP contribution is 2.11. The second-order valence-corrected chi connectivity index (χ2v) is 3.93. The molecule has 0 aromatic heterocycles. The van der Waals surface area contributed by atoms with E-state index in [4.69, 9.17) is 11.6 Å². The van der Waals surface area contributed by atoms with Crippen LogP contribution in [0.15, 0.2) is 0 Å². The molecule has 1 unspecified atom stereocenters. The van der Waals surface area contributed by atoms with Crippen LogP contribution in [0.3, 0.4) is 0 Å². The number of nitrogens with zero attached hydrogens (tertiary/aromatic N) is 1. The molecule has 0 N–H and O–H groups in total. The quantitative estimate of drug-likeness (QED) is 0.266. The Bertz CT molecular complexity index is 142. The van der Waals surface area contributed by atoms with Crippen LogP contribution < -0.4 is 0 Å². The van der Waals surface area contributed by atoms with Crippen LogP contribution in [0.25, 0.3) is 0 Å². The van der Waals surface area contributed by atoms with Crippen molar-refractivity contribution in [3.63, 3.8) is 0 Å². The second kappa shape index (κ2) is 8.30. The zero-order chi connectivity index (χ0) is 10.1. The van der Waals surface area contributed by atoms with Gasteiger partial charge in [-0.15, -0.1) is 11.6 Å². The van der Waals surface area contributed by atoms with E-state index in [-0.39, 0.29) is 16.8 Å². The first-order valence-corrected chi connectivity index (χ1v) is 5.36. The van der Waals surface area contributed by atoms with E-state index in [0.29, 0.717) is 0 Å². The molecule has 0 bridgehead atoms. The molecule has 0 aromatic rings. The molecule has 13 heavy (non-hydrogen) atoms. The summed E-state index contributed by atoms with van der Waals surface area (Å²) in [6, 6.07) is 0. The van der Waals surface area contributed by atoms with Crippen LogP contribution in [0.5, 0.6) is 0 Å². The topological polar surface area (TPSA) is 43.1 Å². The fourth-order valence-electron chi connectivity index (χ4n) is 1.22. The molecule has 0 heterocycles. The van der Waals surface area contributed by atoms with E-state index in [0.717, 1.165) is 19.3 Å². The maximum absolute atomic E-state index is 10.1. The van der Waals surface area contributed by atoms with Gasteiger partial charge in [-0.3, -0.25) is 10.1 Å². The van der Waals surface area contributed by atoms with Gasteiger partial charge in [-0.25, -0.2) is 0 Å². The van der Waals surface area contributed by atoms with Crippen molar-refractivity contribution in [1.82, 2.24) is 0 Å². The normalized spacial score (nSPS) is 12.8. The monoisotopic (exact) mass is 207 g/mol. The molecule has 1 atom stereocenters. The highest BCUT2D eigenvalue weighted by Gasteiger charge is 2.10. The third-order valence-electron chi connectivity index (χ3n) is 1.97. The van der Waals surface area contributed by atoms with Crippen molar-refractivity contribution in [2.75, 3.05) is 6.54 Å². The third kappa shape index (κ3) is 9.61. The molecule has 78 valence electrons. The van der Waals surface area contributed by atoms with Gasteiger partial charge in [0.2, 0.25) is 6.54 Å². The molecule has 0 aliphatic heterocycles. The first kappa shape index (κ1) is 12.7. The minimum Gasteiger partial charge on any atom is -0.264 e. The Hall–Kier alpha value is -0.310. The molecule has 4 heteroatoms. The van der Waals surface area contributed by atoms with Crippen molar-refractivity contribution in [1.29, 1.82) is 0 Å². The fraction of sp³-hybridized carbons (Fsp3) is 1.00. The summed E-state index contributed by atoms with van der Waals surface area (Å²) >= 11 is 5.75. The molecule has 3 nitrogen and oxygen atoms in total. The van der Waals surface area contributed by atoms with Gasteiger partial charge in [0, 0.05) is 4.92 Å². The smallest absolute Gasteiger partial charge is 0.220 e. The van der Waals surface area contributed by atoms with E-state index in [9.17, 15) is 10.1 Å². The van der Waals surface area contributed by atoms with Crippen LogP contribution in [0.4, 0.5) is 0 Å². The molecule has 0 aromatic carbocycles. The predicted molar refractivity (Wildman–Crippen MR) is 54.9 cm³/mol. The van der Waals surface area contributed by atoms with Crippen molar-refractivity contribution in [3.05, 3.63) is 10.1 Å². The zero-order valence-electron chi connectivity index (χ0n) is 8.17. The fourth-order valence-corrected chi connectivity index (χ4v) is 1.49. The Morgan fingerprint density at radius 2 is 1.92 bits per heavy atom. The molecule has 0 aliphatic rings. The maximum atomic E-state index is 10.1. The number of nitro groups is 1. The van der Waals surface area contributed by atoms with Gasteiger partial charge in [0.15, 0.2) is 0 Å². The molecule has 0 saturated carbocycles. The molecule has 0 aliphatic carbocycles. The number of rotatable bonds is 8. The van der Waals surface area contributed by atoms with Crippen LogP contribution in [-0.2, 0) is 0 Å². The first-order valence-electron chi connectivity index (χ1n) is 4.92. The molecular formula is C9H18ClNO2. The predicted octanol–water partition coefficient (Wildman–Crippen LogP) is 3.23. The van der Waals surface area contributed by atoms with Crippen LogP contribution >= 0.6 is 11.6 Å². The van der Waals surface area contributed by atoms with Gasteiger partial charge in [0.05, 0.1) is 5.38 Å². The average molecular weight is 208 g/mol. The summed E-state index contributed by atoms with van der Waals surface area (Å²) in [6.07, 6.45) is 6.63. The van der Waals surface area contributed by atoms with Crippen molar-refractivity contribution in [2.45, 2.75) is 50.8 Å². The lowest BCUT2D eigenvalue weighted by Crippen LogP contribution is -2.13. The first-order chi connectivity index (χ1) is 6.16. The lowest BCUT2D eigenvalue weighted by atomic mass is 10.1. The average Bonchev–Trinajstić information content (AvgIpc) is 2.02. The third-order valence-corrected chi connectivity index (χ3v) is 2.32. The Labute approximate surface area is 84.6 Å². The molecule has 0 saturated heterocycles. The summed E-state index contributed by atoms with van der Waals surface area (Å²) in [5.74, 6) is 0. The lowest BCUT2D eigenvalue weighted by Gasteiger charge is -2.03. The summed E-state index contributed by atoms with van der Waals surface area (Å²) < 4.78 is 0. The standard InChI is InChI=1S/C9H18ClNO2/c1-2-3-4-5-6-7-9(10)8-11(12)13/h9H,2-8H2,1H3. The van der Waals surface area contributed by atoms with Gasteiger partial charge in [0.1, 0.15) is 0 Å². The summed E-state index contributed by atoms with van der Waals surface area (Å²) in [4.78, 5) is 9.72. The largest absolute Gasteiger partial charge is 0.264 e. The molecule has 0 spiro atoms. The van der Waals surface area contributed by atoms with Crippen LogP contribution in [0, 0.1) is 10.1 Å². The van der Waals surface area contributed by atoms with Crippen molar-refractivity contribution >= 4 is 11.6 Å². The Kier molecular flexibility index (Phi) is 8.10. The van der Waals surface area contributed by atoms with Gasteiger partial charge < -0.3 is 0 Å². The number of hydrogen-bond acceptors (Lipinski definition) is 2. The van der Waals surface area contributed by atoms with Gasteiger partial charge >= 0.3 is 0 Å². The highest BCUT2D eigenvalue weighted by atomic mass is 35.5. The summed E-state index contributed by atoms with van der Waals surface area (Å²) in [7, 11) is 0. The SMILES string of the molecule is CCCCCCCC(Cl)C[N+](=O)[O-]. The van der Waals surface area contributed by atoms with E-state index in [1.807, 2.05) is 0 Å². The Morgan fingerprint density at radius 1 is 1.31 bits per heavy atom. The highest BCUT2D eigenvalue weighted by molar-refractivity contribution is 6.20. The number of halogens is 1. The van der Waals surface area contributed by atoms with Crippen molar-refractivity contribution in [3.8, 4) is 0 Å². The van der Waals surface area contributed by atoms with E-state index < -0.39 is 0 Å². The summed E-state index contributed by atoms with van der Waals surface area (Å²) in [6.45, 7) is 2.06. The van der Waals surface area contributed by atoms with Gasteiger partial charge in [-0.1, -0.05) is 39.0 Å². The van der Waals surface area contributed by atoms with E-state index in [1.54, 1.807) is 0 Å². The Morgan fingerprint density at radius 3 is 2.46 bits per heavy atom. The lowest BCUT2D eigenvalue weighted by molar-refractivity contribution is -0.479. The van der Waals surface area contributed by atoms with Crippen LogP contribution in [-0.4, -0.2) is 16.8 Å². The minimum absolute atomic E-state index is 0.102. The van der Waals surface area contributed by atoms with E-state index >= 15 is 0 Å². The van der Waals surface area contributed by atoms with Gasteiger partial charge in [-0.05, 0) is 6.42 Å². The van der Waals surface area contributed by atoms with E-state index in [1.165, 1.54) is 19.3 Å².